The van der Waals surface area contributed by atoms with Gasteiger partial charge >= 0.3 is 0 Å². The molecule has 0 radical (unpaired) electrons. The standard InChI is InChI=1S/C9H16N4O/c1-13-6-11-9(12-13)5-10-7-3-2-4-8(7)14/h6-8,10,14H,2-5H2,1H3/t7-,8-/m0/s1. The zero-order valence-corrected chi connectivity index (χ0v) is 8.35. The largest absolute Gasteiger partial charge is 0.392 e. The van der Waals surface area contributed by atoms with Crippen molar-refractivity contribution in [3.63, 3.8) is 0 Å². The highest BCUT2D eigenvalue weighted by Gasteiger charge is 2.24. The van der Waals surface area contributed by atoms with Crippen molar-refractivity contribution in [2.75, 3.05) is 0 Å². The number of nitrogens with zero attached hydrogens (tertiary/aromatic N) is 3. The number of hydrogen-bond donors (Lipinski definition) is 2. The van der Waals surface area contributed by atoms with Gasteiger partial charge in [-0.1, -0.05) is 0 Å². The van der Waals surface area contributed by atoms with Crippen LogP contribution in [0, 0.1) is 0 Å². The van der Waals surface area contributed by atoms with E-state index >= 15 is 0 Å². The van der Waals surface area contributed by atoms with Gasteiger partial charge in [-0.05, 0) is 19.3 Å². The third-order valence-electron chi connectivity index (χ3n) is 2.65. The highest BCUT2D eigenvalue weighted by atomic mass is 16.3. The Bertz CT molecular complexity index is 299. The van der Waals surface area contributed by atoms with Gasteiger partial charge in [0.15, 0.2) is 5.82 Å². The van der Waals surface area contributed by atoms with Crippen molar-refractivity contribution in [2.24, 2.45) is 7.05 Å². The molecule has 1 fully saturated rings. The van der Waals surface area contributed by atoms with Gasteiger partial charge in [0.1, 0.15) is 6.33 Å². The number of aryl methyl sites for hydroxylation is 1. The predicted octanol–water partition coefficient (Wildman–Crippen LogP) is -0.182. The molecule has 1 saturated carbocycles. The Morgan fingerprint density at radius 1 is 1.64 bits per heavy atom. The summed E-state index contributed by atoms with van der Waals surface area (Å²) in [4.78, 5) is 4.11. The van der Waals surface area contributed by atoms with Crippen LogP contribution in [0.1, 0.15) is 25.1 Å². The molecule has 0 unspecified atom stereocenters. The zero-order valence-electron chi connectivity index (χ0n) is 8.35. The van der Waals surface area contributed by atoms with Gasteiger partial charge in [-0.25, -0.2) is 4.98 Å². The molecule has 0 saturated heterocycles. The third kappa shape index (κ3) is 2.10. The summed E-state index contributed by atoms with van der Waals surface area (Å²) in [7, 11) is 1.85. The van der Waals surface area contributed by atoms with Gasteiger partial charge in [-0.3, -0.25) is 4.68 Å². The van der Waals surface area contributed by atoms with Crippen LogP contribution in [0.4, 0.5) is 0 Å². The van der Waals surface area contributed by atoms with Crippen molar-refractivity contribution < 1.29 is 5.11 Å². The lowest BCUT2D eigenvalue weighted by molar-refractivity contribution is 0.148. The van der Waals surface area contributed by atoms with Crippen LogP contribution in [0.5, 0.6) is 0 Å². The molecule has 0 spiro atoms. The lowest BCUT2D eigenvalue weighted by Crippen LogP contribution is -2.35. The van der Waals surface area contributed by atoms with Gasteiger partial charge in [0.05, 0.1) is 12.6 Å². The molecule has 1 aromatic rings. The molecule has 1 heterocycles. The number of aliphatic hydroxyl groups excluding tert-OH is 1. The van der Waals surface area contributed by atoms with Gasteiger partial charge in [0.25, 0.3) is 0 Å². The Morgan fingerprint density at radius 3 is 3.07 bits per heavy atom. The van der Waals surface area contributed by atoms with E-state index in [0.717, 1.165) is 25.1 Å². The van der Waals surface area contributed by atoms with Crippen LogP contribution in [-0.2, 0) is 13.6 Å². The fraction of sp³-hybridized carbons (Fsp3) is 0.778. The molecule has 2 rings (SSSR count). The van der Waals surface area contributed by atoms with Crippen molar-refractivity contribution in [3.8, 4) is 0 Å². The average Bonchev–Trinajstić information content (AvgIpc) is 2.72. The Morgan fingerprint density at radius 2 is 2.50 bits per heavy atom. The summed E-state index contributed by atoms with van der Waals surface area (Å²) >= 11 is 0. The molecule has 14 heavy (non-hydrogen) atoms. The van der Waals surface area contributed by atoms with Crippen molar-refractivity contribution in [3.05, 3.63) is 12.2 Å². The first-order valence-corrected chi connectivity index (χ1v) is 5.01. The summed E-state index contributed by atoms with van der Waals surface area (Å²) in [5.74, 6) is 0.784. The molecule has 1 aliphatic carbocycles. The van der Waals surface area contributed by atoms with Crippen LogP contribution in [-0.4, -0.2) is 32.0 Å². The summed E-state index contributed by atoms with van der Waals surface area (Å²) in [6, 6.07) is 0.221. The molecule has 0 aliphatic heterocycles. The van der Waals surface area contributed by atoms with Crippen molar-refractivity contribution in [1.82, 2.24) is 20.1 Å². The van der Waals surface area contributed by atoms with E-state index in [1.54, 1.807) is 11.0 Å². The predicted molar refractivity (Wildman–Crippen MR) is 51.5 cm³/mol. The molecule has 0 bridgehead atoms. The van der Waals surface area contributed by atoms with Crippen LogP contribution < -0.4 is 5.32 Å². The maximum absolute atomic E-state index is 9.56. The smallest absolute Gasteiger partial charge is 0.164 e. The molecular weight excluding hydrogens is 180 g/mol. The third-order valence-corrected chi connectivity index (χ3v) is 2.65. The van der Waals surface area contributed by atoms with Crippen LogP contribution in [0.15, 0.2) is 6.33 Å². The maximum Gasteiger partial charge on any atom is 0.164 e. The fourth-order valence-corrected chi connectivity index (χ4v) is 1.87. The first-order chi connectivity index (χ1) is 6.75. The van der Waals surface area contributed by atoms with Gasteiger partial charge < -0.3 is 10.4 Å². The first kappa shape index (κ1) is 9.61. The summed E-state index contributed by atoms with van der Waals surface area (Å²) in [5.41, 5.74) is 0. The summed E-state index contributed by atoms with van der Waals surface area (Å²) in [5, 5.41) is 17.0. The fourth-order valence-electron chi connectivity index (χ4n) is 1.87. The molecule has 0 amide bonds. The molecule has 0 aromatic carbocycles. The molecule has 1 aliphatic rings. The van der Waals surface area contributed by atoms with Crippen LogP contribution in [0.2, 0.25) is 0 Å². The number of aliphatic hydroxyl groups is 1. The van der Waals surface area contributed by atoms with Crippen LogP contribution in [0.3, 0.4) is 0 Å². The van der Waals surface area contributed by atoms with E-state index in [1.165, 1.54) is 0 Å². The van der Waals surface area contributed by atoms with E-state index in [9.17, 15) is 5.11 Å². The molecule has 78 valence electrons. The molecule has 5 nitrogen and oxygen atoms in total. The number of nitrogens with one attached hydrogen (secondary N) is 1. The van der Waals surface area contributed by atoms with E-state index in [2.05, 4.69) is 15.4 Å². The van der Waals surface area contributed by atoms with E-state index < -0.39 is 0 Å². The number of aromatic nitrogens is 3. The minimum atomic E-state index is -0.196. The maximum atomic E-state index is 9.56. The zero-order chi connectivity index (χ0) is 9.97. The monoisotopic (exact) mass is 196 g/mol. The second kappa shape index (κ2) is 4.06. The number of rotatable bonds is 3. The Labute approximate surface area is 83.2 Å². The SMILES string of the molecule is Cn1cnc(CN[C@H]2CCC[C@@H]2O)n1. The Kier molecular flexibility index (Phi) is 2.79. The summed E-state index contributed by atoms with van der Waals surface area (Å²) < 4.78 is 1.68. The van der Waals surface area contributed by atoms with E-state index in [4.69, 9.17) is 0 Å². The lowest BCUT2D eigenvalue weighted by Gasteiger charge is -2.14. The second-order valence-electron chi connectivity index (χ2n) is 3.82. The normalized spacial score (nSPS) is 27.0. The van der Waals surface area contributed by atoms with Gasteiger partial charge in [0, 0.05) is 13.1 Å². The summed E-state index contributed by atoms with van der Waals surface area (Å²) in [6.07, 6.45) is 4.55. The van der Waals surface area contributed by atoms with Crippen molar-refractivity contribution in [2.45, 2.75) is 38.0 Å². The topological polar surface area (TPSA) is 63.0 Å². The van der Waals surface area contributed by atoms with Gasteiger partial charge in [-0.15, -0.1) is 0 Å². The molecule has 5 heteroatoms. The van der Waals surface area contributed by atoms with E-state index in [1.807, 2.05) is 7.05 Å². The van der Waals surface area contributed by atoms with Gasteiger partial charge in [0.2, 0.25) is 0 Å². The van der Waals surface area contributed by atoms with Crippen LogP contribution in [0.25, 0.3) is 0 Å². The molecule has 1 aromatic heterocycles. The quantitative estimate of drug-likeness (QED) is 0.704. The molecular formula is C9H16N4O. The lowest BCUT2D eigenvalue weighted by atomic mass is 10.2. The Hall–Kier alpha value is -0.940. The highest BCUT2D eigenvalue weighted by molar-refractivity contribution is 4.86. The average molecular weight is 196 g/mol. The second-order valence-corrected chi connectivity index (χ2v) is 3.82. The van der Waals surface area contributed by atoms with E-state index in [-0.39, 0.29) is 12.1 Å². The minimum absolute atomic E-state index is 0.196. The van der Waals surface area contributed by atoms with Crippen LogP contribution >= 0.6 is 0 Å². The molecule has 2 atom stereocenters. The van der Waals surface area contributed by atoms with Gasteiger partial charge in [-0.2, -0.15) is 5.10 Å². The first-order valence-electron chi connectivity index (χ1n) is 5.01. The van der Waals surface area contributed by atoms with E-state index in [0.29, 0.717) is 6.54 Å². The van der Waals surface area contributed by atoms with Crippen molar-refractivity contribution in [1.29, 1.82) is 0 Å². The molecule has 2 N–H and O–H groups in total. The summed E-state index contributed by atoms with van der Waals surface area (Å²) in [6.45, 7) is 0.641. The van der Waals surface area contributed by atoms with Crippen molar-refractivity contribution >= 4 is 0 Å². The number of hydrogen-bond acceptors (Lipinski definition) is 4. The minimum Gasteiger partial charge on any atom is -0.392 e. The Balaban J connectivity index is 1.82. The highest BCUT2D eigenvalue weighted by Crippen LogP contribution is 2.18.